The van der Waals surface area contributed by atoms with Crippen LogP contribution in [0.15, 0.2) is 12.1 Å². The molecular weight excluding hydrogens is 238 g/mol. The van der Waals surface area contributed by atoms with Gasteiger partial charge in [-0.25, -0.2) is 0 Å². The van der Waals surface area contributed by atoms with E-state index in [1.807, 2.05) is 27.2 Å². The Balaban J connectivity index is 2.89. The van der Waals surface area contributed by atoms with Crippen LogP contribution >= 0.6 is 11.6 Å². The number of hydrogen-bond acceptors (Lipinski definition) is 4. The number of nitrogens with zero attached hydrogens (tertiary/aromatic N) is 2. The first kappa shape index (κ1) is 13.9. The van der Waals surface area contributed by atoms with Crippen LogP contribution in [0.25, 0.3) is 0 Å². The van der Waals surface area contributed by atoms with Gasteiger partial charge in [-0.05, 0) is 20.2 Å². The molecule has 0 heterocycles. The number of hydrogen-bond donors (Lipinski definition) is 1. The van der Waals surface area contributed by atoms with Crippen LogP contribution in [-0.4, -0.2) is 46.2 Å². The average Bonchev–Trinajstić information content (AvgIpc) is 2.26. The number of nitrogens with two attached hydrogens (primary N) is 1. The van der Waals surface area contributed by atoms with E-state index >= 15 is 0 Å². The maximum Gasteiger partial charge on any atom is 0.143 e. The molecule has 4 nitrogen and oxygen atoms in total. The zero-order chi connectivity index (χ0) is 13.0. The van der Waals surface area contributed by atoms with Crippen LogP contribution in [0, 0.1) is 0 Å². The second kappa shape index (κ2) is 5.98. The molecule has 5 heteroatoms. The summed E-state index contributed by atoms with van der Waals surface area (Å²) in [6, 6.07) is 3.59. The van der Waals surface area contributed by atoms with Crippen LogP contribution in [0.3, 0.4) is 0 Å². The average molecular weight is 258 g/mol. The minimum atomic E-state index is 0.558. The molecule has 0 aliphatic carbocycles. The molecule has 0 saturated carbocycles. The van der Waals surface area contributed by atoms with Crippen LogP contribution in [-0.2, 0) is 0 Å². The van der Waals surface area contributed by atoms with Gasteiger partial charge in [0.2, 0.25) is 0 Å². The van der Waals surface area contributed by atoms with E-state index in [2.05, 4.69) is 9.80 Å². The lowest BCUT2D eigenvalue weighted by molar-refractivity contribution is 0.413. The molecule has 0 unspecified atom stereocenters. The summed E-state index contributed by atoms with van der Waals surface area (Å²) in [6.07, 6.45) is 0. The van der Waals surface area contributed by atoms with Crippen molar-refractivity contribution in [3.8, 4) is 5.75 Å². The van der Waals surface area contributed by atoms with E-state index in [1.165, 1.54) is 0 Å². The summed E-state index contributed by atoms with van der Waals surface area (Å²) in [4.78, 5) is 4.21. The molecule has 17 heavy (non-hydrogen) atoms. The molecule has 0 spiro atoms. The summed E-state index contributed by atoms with van der Waals surface area (Å²) in [6.45, 7) is 1.85. The Labute approximate surface area is 108 Å². The molecule has 0 atom stereocenters. The summed E-state index contributed by atoms with van der Waals surface area (Å²) < 4.78 is 5.20. The molecule has 2 N–H and O–H groups in total. The van der Waals surface area contributed by atoms with Gasteiger partial charge in [-0.2, -0.15) is 0 Å². The number of ether oxygens (including phenoxy) is 1. The molecule has 1 aromatic carbocycles. The summed E-state index contributed by atoms with van der Waals surface area (Å²) in [5.74, 6) is 0.654. The lowest BCUT2D eigenvalue weighted by Gasteiger charge is -2.23. The Bertz CT molecular complexity index is 382. The second-order valence-electron chi connectivity index (χ2n) is 4.27. The summed E-state index contributed by atoms with van der Waals surface area (Å²) in [5.41, 5.74) is 7.27. The van der Waals surface area contributed by atoms with E-state index in [0.717, 1.165) is 18.8 Å². The Kier molecular flexibility index (Phi) is 4.90. The van der Waals surface area contributed by atoms with E-state index in [-0.39, 0.29) is 0 Å². The van der Waals surface area contributed by atoms with Crippen LogP contribution < -0.4 is 15.4 Å². The highest BCUT2D eigenvalue weighted by Gasteiger charge is 2.10. The monoisotopic (exact) mass is 257 g/mol. The van der Waals surface area contributed by atoms with Gasteiger partial charge < -0.3 is 20.3 Å². The lowest BCUT2D eigenvalue weighted by atomic mass is 10.2. The predicted octanol–water partition coefficient (Wildman–Crippen LogP) is 1.93. The number of halogens is 1. The van der Waals surface area contributed by atoms with E-state index < -0.39 is 0 Å². The first-order valence-corrected chi connectivity index (χ1v) is 5.82. The van der Waals surface area contributed by atoms with E-state index in [4.69, 9.17) is 22.1 Å². The van der Waals surface area contributed by atoms with Gasteiger partial charge in [0.05, 0.1) is 23.5 Å². The lowest BCUT2D eigenvalue weighted by Crippen LogP contribution is -2.28. The smallest absolute Gasteiger partial charge is 0.143 e. The van der Waals surface area contributed by atoms with E-state index in [0.29, 0.717) is 16.5 Å². The van der Waals surface area contributed by atoms with E-state index in [1.54, 1.807) is 13.2 Å². The quantitative estimate of drug-likeness (QED) is 0.819. The molecule has 0 amide bonds. The summed E-state index contributed by atoms with van der Waals surface area (Å²) in [7, 11) is 7.68. The number of benzene rings is 1. The third kappa shape index (κ3) is 3.68. The van der Waals surface area contributed by atoms with Crippen molar-refractivity contribution in [2.45, 2.75) is 0 Å². The Morgan fingerprint density at radius 1 is 1.24 bits per heavy atom. The van der Waals surface area contributed by atoms with Crippen molar-refractivity contribution in [2.24, 2.45) is 0 Å². The highest BCUT2D eigenvalue weighted by atomic mass is 35.5. The fraction of sp³-hybridized carbons (Fsp3) is 0.500. The maximum atomic E-state index is 6.18. The number of nitrogen functional groups attached to an aromatic ring is 1. The Morgan fingerprint density at radius 3 is 2.41 bits per heavy atom. The van der Waals surface area contributed by atoms with Gasteiger partial charge in [0.25, 0.3) is 0 Å². The zero-order valence-electron chi connectivity index (χ0n) is 10.8. The minimum Gasteiger partial charge on any atom is -0.495 e. The van der Waals surface area contributed by atoms with Crippen molar-refractivity contribution in [3.05, 3.63) is 17.2 Å². The highest BCUT2D eigenvalue weighted by Crippen LogP contribution is 2.34. The zero-order valence-corrected chi connectivity index (χ0v) is 11.6. The Morgan fingerprint density at radius 2 is 1.88 bits per heavy atom. The molecule has 0 aliphatic heterocycles. The number of rotatable bonds is 5. The topological polar surface area (TPSA) is 41.7 Å². The predicted molar refractivity (Wildman–Crippen MR) is 74.2 cm³/mol. The number of methoxy groups -OCH3 is 1. The first-order valence-electron chi connectivity index (χ1n) is 5.44. The number of likely N-dealkylation sites (N-methyl/N-ethyl adjacent to an activating group) is 2. The molecule has 0 aliphatic rings. The minimum absolute atomic E-state index is 0.558. The van der Waals surface area contributed by atoms with Gasteiger partial charge in [-0.15, -0.1) is 0 Å². The molecule has 0 bridgehead atoms. The molecular formula is C12H20ClN3O. The molecule has 0 radical (unpaired) electrons. The van der Waals surface area contributed by atoms with Crippen molar-refractivity contribution >= 4 is 23.0 Å². The van der Waals surface area contributed by atoms with Gasteiger partial charge in [-0.1, -0.05) is 11.6 Å². The van der Waals surface area contributed by atoms with Gasteiger partial charge in [0.15, 0.2) is 0 Å². The van der Waals surface area contributed by atoms with Crippen LogP contribution in [0.2, 0.25) is 5.02 Å². The standard InChI is InChI=1S/C12H20ClN3O/c1-15(2)5-6-16(3)11-8-12(17-4)10(14)7-9(11)13/h7-8H,5-6,14H2,1-4H3. The first-order chi connectivity index (χ1) is 7.95. The van der Waals surface area contributed by atoms with Crippen molar-refractivity contribution in [2.75, 3.05) is 52.0 Å². The third-order valence-electron chi connectivity index (χ3n) is 2.59. The summed E-state index contributed by atoms with van der Waals surface area (Å²) >= 11 is 6.18. The van der Waals surface area contributed by atoms with Crippen LogP contribution in [0.5, 0.6) is 5.75 Å². The number of anilines is 2. The molecule has 0 aromatic heterocycles. The van der Waals surface area contributed by atoms with Gasteiger partial charge in [0.1, 0.15) is 5.75 Å². The normalized spacial score (nSPS) is 10.7. The van der Waals surface area contributed by atoms with Crippen molar-refractivity contribution in [1.82, 2.24) is 4.90 Å². The fourth-order valence-electron chi connectivity index (χ4n) is 1.50. The SMILES string of the molecule is COc1cc(N(C)CCN(C)C)c(Cl)cc1N. The maximum absolute atomic E-state index is 6.18. The largest absolute Gasteiger partial charge is 0.495 e. The van der Waals surface area contributed by atoms with Crippen LogP contribution in [0.4, 0.5) is 11.4 Å². The van der Waals surface area contributed by atoms with Gasteiger partial charge in [-0.3, -0.25) is 0 Å². The molecule has 1 rings (SSSR count). The van der Waals surface area contributed by atoms with Crippen molar-refractivity contribution < 1.29 is 4.74 Å². The van der Waals surface area contributed by atoms with Crippen molar-refractivity contribution in [3.63, 3.8) is 0 Å². The molecule has 1 aromatic rings. The highest BCUT2D eigenvalue weighted by molar-refractivity contribution is 6.33. The van der Waals surface area contributed by atoms with Gasteiger partial charge in [0, 0.05) is 26.2 Å². The summed E-state index contributed by atoms with van der Waals surface area (Å²) in [5, 5.41) is 0.643. The van der Waals surface area contributed by atoms with Gasteiger partial charge >= 0.3 is 0 Å². The van der Waals surface area contributed by atoms with Crippen LogP contribution in [0.1, 0.15) is 0 Å². The van der Waals surface area contributed by atoms with Crippen molar-refractivity contribution in [1.29, 1.82) is 0 Å². The molecule has 0 saturated heterocycles. The molecule has 0 fully saturated rings. The third-order valence-corrected chi connectivity index (χ3v) is 2.90. The Hall–Kier alpha value is -1.13. The second-order valence-corrected chi connectivity index (χ2v) is 4.68. The fourth-order valence-corrected chi connectivity index (χ4v) is 1.81. The van der Waals surface area contributed by atoms with E-state index in [9.17, 15) is 0 Å². The molecule has 96 valence electrons.